The smallest absolute Gasteiger partial charge is 0.161 e. The van der Waals surface area contributed by atoms with Gasteiger partial charge in [-0.3, -0.25) is 4.90 Å². The topological polar surface area (TPSA) is 79.5 Å². The van der Waals surface area contributed by atoms with E-state index in [1.165, 1.54) is 5.56 Å². The Morgan fingerprint density at radius 1 is 1.26 bits per heavy atom. The molecule has 1 aromatic carbocycles. The van der Waals surface area contributed by atoms with Gasteiger partial charge in [0.25, 0.3) is 0 Å². The van der Waals surface area contributed by atoms with Crippen molar-refractivity contribution in [2.24, 2.45) is 0 Å². The van der Waals surface area contributed by atoms with E-state index in [1.807, 2.05) is 0 Å². The molecule has 1 aliphatic rings. The van der Waals surface area contributed by atoms with E-state index in [4.69, 9.17) is 10.5 Å². The molecule has 0 atom stereocenters. The summed E-state index contributed by atoms with van der Waals surface area (Å²) in [5, 5.41) is 3.37. The summed E-state index contributed by atoms with van der Waals surface area (Å²) in [4.78, 5) is 13.3. The lowest BCUT2D eigenvalue weighted by atomic mass is 10.2. The van der Waals surface area contributed by atoms with Gasteiger partial charge in [0.05, 0.1) is 13.2 Å². The van der Waals surface area contributed by atoms with Crippen LogP contribution in [0.5, 0.6) is 0 Å². The fourth-order valence-electron chi connectivity index (χ4n) is 3.33. The molecule has 7 heteroatoms. The third-order valence-corrected chi connectivity index (χ3v) is 4.80. The van der Waals surface area contributed by atoms with Crippen LogP contribution in [0.2, 0.25) is 0 Å². The molecule has 0 radical (unpaired) electrons. The molecule has 146 valence electrons. The number of nitrogens with one attached hydrogen (secondary N) is 1. The Balaban J connectivity index is 1.64. The summed E-state index contributed by atoms with van der Waals surface area (Å²) in [6, 6.07) is 8.35. The number of nitrogens with zero attached hydrogens (tertiary/aromatic N) is 4. The maximum absolute atomic E-state index is 6.40. The zero-order valence-corrected chi connectivity index (χ0v) is 16.3. The standard InChI is InChI=1S/C20H30N6O/c1-3-26(17-7-4-6-16(2)14-17)20-18(21)19(23-15-24-20)22-8-5-9-25-10-12-27-13-11-25/h4,6-7,14-15H,3,5,8-13,21H2,1-2H3,(H,22,23,24). The molecule has 0 amide bonds. The molecule has 3 rings (SSSR count). The average molecular weight is 371 g/mol. The van der Waals surface area contributed by atoms with Crippen molar-refractivity contribution in [3.63, 3.8) is 0 Å². The second-order valence-corrected chi connectivity index (χ2v) is 6.78. The van der Waals surface area contributed by atoms with Crippen molar-refractivity contribution in [1.82, 2.24) is 14.9 Å². The first-order chi connectivity index (χ1) is 13.2. The first-order valence-electron chi connectivity index (χ1n) is 9.67. The number of hydrogen-bond acceptors (Lipinski definition) is 7. The Hall–Kier alpha value is -2.38. The second kappa shape index (κ2) is 9.53. The highest BCUT2D eigenvalue weighted by Crippen LogP contribution is 2.31. The summed E-state index contributed by atoms with van der Waals surface area (Å²) in [6.45, 7) is 10.5. The van der Waals surface area contributed by atoms with Crippen LogP contribution in [0, 0.1) is 6.92 Å². The monoisotopic (exact) mass is 370 g/mol. The fourth-order valence-corrected chi connectivity index (χ4v) is 3.33. The Bertz CT molecular complexity index is 732. The van der Waals surface area contributed by atoms with E-state index in [9.17, 15) is 0 Å². The predicted octanol–water partition coefficient (Wildman–Crippen LogP) is 2.66. The zero-order valence-electron chi connectivity index (χ0n) is 16.3. The molecule has 1 aliphatic heterocycles. The molecule has 2 heterocycles. The number of aryl methyl sites for hydroxylation is 1. The number of nitrogens with two attached hydrogens (primary N) is 1. The molecule has 2 aromatic rings. The quantitative estimate of drug-likeness (QED) is 0.692. The second-order valence-electron chi connectivity index (χ2n) is 6.78. The van der Waals surface area contributed by atoms with Gasteiger partial charge < -0.3 is 20.7 Å². The van der Waals surface area contributed by atoms with E-state index in [0.29, 0.717) is 11.5 Å². The van der Waals surface area contributed by atoms with E-state index in [-0.39, 0.29) is 0 Å². The number of morpholine rings is 1. The Morgan fingerprint density at radius 2 is 2.07 bits per heavy atom. The first kappa shape index (κ1) is 19.4. The van der Waals surface area contributed by atoms with E-state index in [1.54, 1.807) is 6.33 Å². The van der Waals surface area contributed by atoms with Crippen molar-refractivity contribution in [1.29, 1.82) is 0 Å². The molecular formula is C20H30N6O. The highest BCUT2D eigenvalue weighted by Gasteiger charge is 2.16. The molecule has 1 aromatic heterocycles. The fraction of sp³-hybridized carbons (Fsp3) is 0.500. The lowest BCUT2D eigenvalue weighted by Crippen LogP contribution is -2.37. The summed E-state index contributed by atoms with van der Waals surface area (Å²) in [7, 11) is 0. The molecule has 27 heavy (non-hydrogen) atoms. The number of rotatable bonds is 8. The van der Waals surface area contributed by atoms with Crippen LogP contribution >= 0.6 is 0 Å². The van der Waals surface area contributed by atoms with Crippen molar-refractivity contribution in [3.05, 3.63) is 36.2 Å². The largest absolute Gasteiger partial charge is 0.393 e. The lowest BCUT2D eigenvalue weighted by molar-refractivity contribution is 0.0378. The van der Waals surface area contributed by atoms with Crippen LogP contribution in [0.25, 0.3) is 0 Å². The maximum Gasteiger partial charge on any atom is 0.161 e. The zero-order chi connectivity index (χ0) is 19.1. The Labute approximate surface area is 161 Å². The minimum absolute atomic E-state index is 0.590. The average Bonchev–Trinajstić information content (AvgIpc) is 2.69. The minimum Gasteiger partial charge on any atom is -0.393 e. The molecule has 0 bridgehead atoms. The van der Waals surface area contributed by atoms with Crippen molar-refractivity contribution in [2.45, 2.75) is 20.3 Å². The molecule has 1 saturated heterocycles. The number of benzene rings is 1. The van der Waals surface area contributed by atoms with Crippen molar-refractivity contribution in [3.8, 4) is 0 Å². The number of aromatic nitrogens is 2. The van der Waals surface area contributed by atoms with Gasteiger partial charge in [-0.15, -0.1) is 0 Å². The number of hydrogen-bond donors (Lipinski definition) is 2. The van der Waals surface area contributed by atoms with Crippen LogP contribution in [-0.2, 0) is 4.74 Å². The lowest BCUT2D eigenvalue weighted by Gasteiger charge is -2.26. The molecule has 0 unspecified atom stereocenters. The number of ether oxygens (including phenoxy) is 1. The summed E-state index contributed by atoms with van der Waals surface area (Å²) in [5.41, 5.74) is 9.29. The van der Waals surface area contributed by atoms with Crippen LogP contribution in [0.4, 0.5) is 23.0 Å². The van der Waals surface area contributed by atoms with Gasteiger partial charge in [-0.2, -0.15) is 0 Å². The van der Waals surface area contributed by atoms with Gasteiger partial charge >= 0.3 is 0 Å². The van der Waals surface area contributed by atoms with Crippen LogP contribution in [-0.4, -0.2) is 60.8 Å². The third-order valence-electron chi connectivity index (χ3n) is 4.80. The molecule has 0 saturated carbocycles. The summed E-state index contributed by atoms with van der Waals surface area (Å²) < 4.78 is 5.39. The Morgan fingerprint density at radius 3 is 2.81 bits per heavy atom. The first-order valence-corrected chi connectivity index (χ1v) is 9.67. The van der Waals surface area contributed by atoms with E-state index in [0.717, 1.165) is 63.9 Å². The van der Waals surface area contributed by atoms with Crippen LogP contribution in [0.3, 0.4) is 0 Å². The van der Waals surface area contributed by atoms with Gasteiger partial charge in [-0.1, -0.05) is 12.1 Å². The van der Waals surface area contributed by atoms with Gasteiger partial charge in [0.1, 0.15) is 12.0 Å². The van der Waals surface area contributed by atoms with Gasteiger partial charge in [0, 0.05) is 31.9 Å². The maximum atomic E-state index is 6.40. The predicted molar refractivity (Wildman–Crippen MR) is 111 cm³/mol. The molecular weight excluding hydrogens is 340 g/mol. The number of anilines is 4. The van der Waals surface area contributed by atoms with E-state index >= 15 is 0 Å². The highest BCUT2D eigenvalue weighted by molar-refractivity contribution is 5.79. The molecule has 0 spiro atoms. The van der Waals surface area contributed by atoms with Gasteiger partial charge in [0.2, 0.25) is 0 Å². The molecule has 7 nitrogen and oxygen atoms in total. The van der Waals surface area contributed by atoms with Gasteiger partial charge in [0.15, 0.2) is 11.6 Å². The van der Waals surface area contributed by atoms with Crippen LogP contribution < -0.4 is 16.0 Å². The normalized spacial score (nSPS) is 14.9. The molecule has 1 fully saturated rings. The van der Waals surface area contributed by atoms with Crippen molar-refractivity contribution >= 4 is 23.0 Å². The Kier molecular flexibility index (Phi) is 6.84. The van der Waals surface area contributed by atoms with E-state index in [2.05, 4.69) is 63.2 Å². The van der Waals surface area contributed by atoms with Crippen molar-refractivity contribution < 1.29 is 4.74 Å². The minimum atomic E-state index is 0.590. The van der Waals surface area contributed by atoms with Crippen molar-refractivity contribution in [2.75, 3.05) is 61.9 Å². The van der Waals surface area contributed by atoms with Gasteiger partial charge in [-0.05, 0) is 44.5 Å². The van der Waals surface area contributed by atoms with Crippen LogP contribution in [0.15, 0.2) is 30.6 Å². The molecule has 3 N–H and O–H groups in total. The van der Waals surface area contributed by atoms with Crippen LogP contribution in [0.1, 0.15) is 18.9 Å². The third kappa shape index (κ3) is 5.08. The van der Waals surface area contributed by atoms with Gasteiger partial charge in [-0.25, -0.2) is 9.97 Å². The number of nitrogen functional groups attached to an aromatic ring is 1. The summed E-state index contributed by atoms with van der Waals surface area (Å²) >= 11 is 0. The summed E-state index contributed by atoms with van der Waals surface area (Å²) in [6.07, 6.45) is 2.61. The van der Waals surface area contributed by atoms with E-state index < -0.39 is 0 Å². The SMILES string of the molecule is CCN(c1cccc(C)c1)c1ncnc(NCCCN2CCOCC2)c1N. The molecule has 0 aliphatic carbocycles. The summed E-state index contributed by atoms with van der Waals surface area (Å²) in [5.74, 6) is 1.45. The highest BCUT2D eigenvalue weighted by atomic mass is 16.5.